The van der Waals surface area contributed by atoms with Gasteiger partial charge in [-0.05, 0) is 31.2 Å². The zero-order valence-corrected chi connectivity index (χ0v) is 15.1. The number of benzene rings is 2. The molecule has 0 aliphatic heterocycles. The van der Waals surface area contributed by atoms with Gasteiger partial charge in [0.15, 0.2) is 0 Å². The molecule has 2 aromatic carbocycles. The van der Waals surface area contributed by atoms with E-state index in [1.165, 1.54) is 0 Å². The maximum Gasteiger partial charge on any atom is 0.254 e. The zero-order chi connectivity index (χ0) is 18.5. The normalized spacial score (nSPS) is 10.5. The van der Waals surface area contributed by atoms with E-state index in [1.54, 1.807) is 35.2 Å². The van der Waals surface area contributed by atoms with Crippen LogP contribution in [-0.2, 0) is 6.54 Å². The molecular weight excluding hydrogens is 350 g/mol. The highest BCUT2D eigenvalue weighted by Gasteiger charge is 2.18. The molecule has 3 rings (SSSR count). The van der Waals surface area contributed by atoms with Gasteiger partial charge in [0, 0.05) is 22.7 Å². The molecule has 0 saturated carbocycles. The van der Waals surface area contributed by atoms with Crippen LogP contribution in [0.15, 0.2) is 65.7 Å². The molecule has 0 radical (unpaired) electrons. The Morgan fingerprint density at radius 1 is 1.19 bits per heavy atom. The predicted octanol–water partition coefficient (Wildman–Crippen LogP) is 4.53. The summed E-state index contributed by atoms with van der Waals surface area (Å²) >= 11 is 5.88. The molecule has 132 valence electrons. The lowest BCUT2D eigenvalue weighted by atomic mass is 10.1. The Morgan fingerprint density at radius 2 is 1.88 bits per heavy atom. The first-order valence-corrected chi connectivity index (χ1v) is 8.50. The number of hydrogen-bond acceptors (Lipinski definition) is 4. The van der Waals surface area contributed by atoms with Crippen molar-refractivity contribution in [1.82, 2.24) is 15.0 Å². The summed E-state index contributed by atoms with van der Waals surface area (Å²) in [6.07, 6.45) is 1.66. The molecule has 0 N–H and O–H groups in total. The van der Waals surface area contributed by atoms with Crippen molar-refractivity contribution < 1.29 is 9.32 Å². The van der Waals surface area contributed by atoms with E-state index in [2.05, 4.69) is 16.7 Å². The lowest BCUT2D eigenvalue weighted by molar-refractivity contribution is 0.0745. The summed E-state index contributed by atoms with van der Waals surface area (Å²) in [6.45, 7) is 6.29. The van der Waals surface area contributed by atoms with Gasteiger partial charge in [-0.15, -0.1) is 6.58 Å². The third-order valence-electron chi connectivity index (χ3n) is 3.83. The third-order valence-corrected chi connectivity index (χ3v) is 4.08. The molecule has 0 unspecified atom stereocenters. The molecule has 6 heteroatoms. The second-order valence-electron chi connectivity index (χ2n) is 5.86. The molecule has 0 saturated heterocycles. The van der Waals surface area contributed by atoms with Gasteiger partial charge in [0.05, 0.1) is 0 Å². The largest absolute Gasteiger partial charge is 0.337 e. The minimum absolute atomic E-state index is 0.156. The van der Waals surface area contributed by atoms with Crippen molar-refractivity contribution >= 4 is 17.5 Å². The van der Waals surface area contributed by atoms with Crippen LogP contribution in [0, 0.1) is 6.92 Å². The molecule has 0 spiro atoms. The average molecular weight is 368 g/mol. The molecule has 26 heavy (non-hydrogen) atoms. The topological polar surface area (TPSA) is 59.2 Å². The first-order valence-electron chi connectivity index (χ1n) is 8.12. The van der Waals surface area contributed by atoms with Crippen LogP contribution < -0.4 is 0 Å². The number of aryl methyl sites for hydroxylation is 1. The summed E-state index contributed by atoms with van der Waals surface area (Å²) in [5.74, 6) is 0.707. The summed E-state index contributed by atoms with van der Waals surface area (Å²) in [5, 5.41) is 4.59. The Labute approximate surface area is 156 Å². The van der Waals surface area contributed by atoms with E-state index in [0.29, 0.717) is 28.8 Å². The fourth-order valence-corrected chi connectivity index (χ4v) is 2.58. The summed E-state index contributed by atoms with van der Waals surface area (Å²) in [5.41, 5.74) is 2.56. The number of hydrogen-bond donors (Lipinski definition) is 0. The van der Waals surface area contributed by atoms with Gasteiger partial charge in [-0.1, -0.05) is 52.7 Å². The third kappa shape index (κ3) is 4.18. The van der Waals surface area contributed by atoms with Crippen LogP contribution in [0.4, 0.5) is 0 Å². The first-order chi connectivity index (χ1) is 12.6. The molecule has 0 bridgehead atoms. The van der Waals surface area contributed by atoms with E-state index < -0.39 is 0 Å². The van der Waals surface area contributed by atoms with Crippen LogP contribution >= 0.6 is 11.6 Å². The summed E-state index contributed by atoms with van der Waals surface area (Å²) < 4.78 is 5.32. The molecule has 1 amide bonds. The minimum Gasteiger partial charge on any atom is -0.337 e. The highest BCUT2D eigenvalue weighted by atomic mass is 35.5. The minimum atomic E-state index is -0.156. The predicted molar refractivity (Wildman–Crippen MR) is 101 cm³/mol. The number of amides is 1. The van der Waals surface area contributed by atoms with Gasteiger partial charge in [0.25, 0.3) is 5.91 Å². The van der Waals surface area contributed by atoms with Crippen molar-refractivity contribution in [3.8, 4) is 11.4 Å². The van der Waals surface area contributed by atoms with E-state index in [-0.39, 0.29) is 12.5 Å². The van der Waals surface area contributed by atoms with Gasteiger partial charge < -0.3 is 9.42 Å². The number of halogens is 1. The fraction of sp³-hybridized carbons (Fsp3) is 0.150. The number of rotatable bonds is 6. The smallest absolute Gasteiger partial charge is 0.254 e. The maximum atomic E-state index is 12.7. The van der Waals surface area contributed by atoms with Crippen molar-refractivity contribution in [2.24, 2.45) is 0 Å². The Bertz CT molecular complexity index is 902. The van der Waals surface area contributed by atoms with Crippen molar-refractivity contribution in [3.63, 3.8) is 0 Å². The molecule has 0 aliphatic rings. The van der Waals surface area contributed by atoms with E-state index in [4.69, 9.17) is 16.1 Å². The van der Waals surface area contributed by atoms with Crippen LogP contribution in [-0.4, -0.2) is 27.5 Å². The fourth-order valence-electron chi connectivity index (χ4n) is 2.45. The SMILES string of the molecule is C=CCN(Cc1nc(-c2ccc(C)cc2)no1)C(=O)c1ccc(Cl)cc1. The van der Waals surface area contributed by atoms with Gasteiger partial charge in [-0.25, -0.2) is 0 Å². The Hall–Kier alpha value is -2.92. The van der Waals surface area contributed by atoms with Gasteiger partial charge in [0.1, 0.15) is 6.54 Å². The van der Waals surface area contributed by atoms with E-state index in [9.17, 15) is 4.79 Å². The summed E-state index contributed by atoms with van der Waals surface area (Å²) in [4.78, 5) is 18.7. The molecular formula is C20H18ClN3O2. The summed E-state index contributed by atoms with van der Waals surface area (Å²) in [6, 6.07) is 14.6. The van der Waals surface area contributed by atoms with Crippen LogP contribution in [0.2, 0.25) is 5.02 Å². The molecule has 1 heterocycles. The number of aromatic nitrogens is 2. The molecule has 0 atom stereocenters. The molecule has 0 aliphatic carbocycles. The number of carbonyl (C=O) groups excluding carboxylic acids is 1. The monoisotopic (exact) mass is 367 g/mol. The van der Waals surface area contributed by atoms with Crippen LogP contribution in [0.25, 0.3) is 11.4 Å². The van der Waals surface area contributed by atoms with Crippen molar-refractivity contribution in [2.45, 2.75) is 13.5 Å². The highest BCUT2D eigenvalue weighted by Crippen LogP contribution is 2.18. The number of nitrogens with zero attached hydrogens (tertiary/aromatic N) is 3. The first kappa shape index (κ1) is 17.9. The number of carbonyl (C=O) groups is 1. The second-order valence-corrected chi connectivity index (χ2v) is 6.30. The van der Waals surface area contributed by atoms with Crippen LogP contribution in [0.1, 0.15) is 21.8 Å². The lowest BCUT2D eigenvalue weighted by Crippen LogP contribution is -2.30. The Kier molecular flexibility index (Phi) is 5.49. The van der Waals surface area contributed by atoms with Crippen molar-refractivity contribution in [1.29, 1.82) is 0 Å². The quantitative estimate of drug-likeness (QED) is 0.601. The second kappa shape index (κ2) is 7.97. The highest BCUT2D eigenvalue weighted by molar-refractivity contribution is 6.30. The van der Waals surface area contributed by atoms with Gasteiger partial charge in [0.2, 0.25) is 11.7 Å². The standard InChI is InChI=1S/C20H18ClN3O2/c1-3-12-24(20(25)16-8-10-17(21)11-9-16)13-18-22-19(23-26-18)15-6-4-14(2)5-7-15/h3-11H,1,12-13H2,2H3. The van der Waals surface area contributed by atoms with Crippen molar-refractivity contribution in [3.05, 3.63) is 83.2 Å². The zero-order valence-electron chi connectivity index (χ0n) is 14.4. The van der Waals surface area contributed by atoms with E-state index >= 15 is 0 Å². The van der Waals surface area contributed by atoms with Gasteiger partial charge in [-0.3, -0.25) is 4.79 Å². The van der Waals surface area contributed by atoms with Gasteiger partial charge >= 0.3 is 0 Å². The van der Waals surface area contributed by atoms with Gasteiger partial charge in [-0.2, -0.15) is 4.98 Å². The Morgan fingerprint density at radius 3 is 2.54 bits per heavy atom. The lowest BCUT2D eigenvalue weighted by Gasteiger charge is -2.19. The molecule has 5 nitrogen and oxygen atoms in total. The molecule has 0 fully saturated rings. The maximum absolute atomic E-state index is 12.7. The molecule has 1 aromatic heterocycles. The van der Waals surface area contributed by atoms with E-state index in [1.807, 2.05) is 31.2 Å². The Balaban J connectivity index is 1.78. The summed E-state index contributed by atoms with van der Waals surface area (Å²) in [7, 11) is 0. The average Bonchev–Trinajstić information content (AvgIpc) is 3.10. The van der Waals surface area contributed by atoms with Crippen LogP contribution in [0.5, 0.6) is 0 Å². The van der Waals surface area contributed by atoms with Crippen molar-refractivity contribution in [2.75, 3.05) is 6.54 Å². The van der Waals surface area contributed by atoms with Crippen LogP contribution in [0.3, 0.4) is 0 Å². The van der Waals surface area contributed by atoms with E-state index in [0.717, 1.165) is 11.1 Å². The molecule has 3 aromatic rings.